The molecule has 26 heavy (non-hydrogen) atoms. The molecule has 0 aromatic carbocycles. The summed E-state index contributed by atoms with van der Waals surface area (Å²) >= 11 is 1.79. The molecule has 148 valence electrons. The minimum absolute atomic E-state index is 0. The highest BCUT2D eigenvalue weighted by Crippen LogP contribution is 2.26. The van der Waals surface area contributed by atoms with Crippen molar-refractivity contribution in [2.75, 3.05) is 40.3 Å². The Balaban J connectivity index is 0.00000338. The minimum atomic E-state index is 0. The van der Waals surface area contributed by atoms with Crippen LogP contribution in [-0.2, 0) is 10.2 Å². The monoisotopic (exact) mass is 493 g/mol. The van der Waals surface area contributed by atoms with Gasteiger partial charge in [-0.05, 0) is 24.3 Å². The van der Waals surface area contributed by atoms with Crippen molar-refractivity contribution < 1.29 is 4.79 Å². The molecular formula is C18H32IN5OS. The summed E-state index contributed by atoms with van der Waals surface area (Å²) in [7, 11) is 3.50. The summed E-state index contributed by atoms with van der Waals surface area (Å²) in [6.07, 6.45) is 2.04. The molecule has 0 atom stereocenters. The molecule has 1 amide bonds. The Morgan fingerprint density at radius 3 is 2.62 bits per heavy atom. The molecule has 3 N–H and O–H groups in total. The van der Waals surface area contributed by atoms with Gasteiger partial charge in [0.1, 0.15) is 0 Å². The molecule has 1 fully saturated rings. The van der Waals surface area contributed by atoms with E-state index in [0.29, 0.717) is 12.6 Å². The Morgan fingerprint density at radius 2 is 2.08 bits per heavy atom. The van der Waals surface area contributed by atoms with E-state index in [9.17, 15) is 4.79 Å². The average Bonchev–Trinajstić information content (AvgIpc) is 3.15. The molecule has 2 heterocycles. The zero-order valence-corrected chi connectivity index (χ0v) is 19.3. The predicted molar refractivity (Wildman–Crippen MR) is 121 cm³/mol. The number of rotatable bonds is 6. The maximum absolute atomic E-state index is 11.5. The summed E-state index contributed by atoms with van der Waals surface area (Å²) in [4.78, 5) is 19.4. The second kappa shape index (κ2) is 11.1. The van der Waals surface area contributed by atoms with Gasteiger partial charge in [0.05, 0.1) is 6.54 Å². The van der Waals surface area contributed by atoms with E-state index >= 15 is 0 Å². The lowest BCUT2D eigenvalue weighted by Crippen LogP contribution is -2.51. The van der Waals surface area contributed by atoms with E-state index < -0.39 is 0 Å². The van der Waals surface area contributed by atoms with E-state index in [-0.39, 0.29) is 35.3 Å². The van der Waals surface area contributed by atoms with Gasteiger partial charge in [0, 0.05) is 50.1 Å². The molecule has 0 saturated carbocycles. The lowest BCUT2D eigenvalue weighted by molar-refractivity contribution is -0.122. The highest BCUT2D eigenvalue weighted by atomic mass is 127. The van der Waals surface area contributed by atoms with Crippen LogP contribution >= 0.6 is 35.3 Å². The molecule has 1 aliphatic heterocycles. The summed E-state index contributed by atoms with van der Waals surface area (Å²) in [5.41, 5.74) is 0.0721. The Labute approximate surface area is 178 Å². The average molecular weight is 493 g/mol. The quantitative estimate of drug-likeness (QED) is 0.322. The lowest BCUT2D eigenvalue weighted by Gasteiger charge is -2.33. The van der Waals surface area contributed by atoms with Crippen LogP contribution < -0.4 is 16.0 Å². The van der Waals surface area contributed by atoms with Gasteiger partial charge in [-0.15, -0.1) is 35.3 Å². The number of guanidine groups is 1. The van der Waals surface area contributed by atoms with Gasteiger partial charge in [-0.2, -0.15) is 0 Å². The van der Waals surface area contributed by atoms with Gasteiger partial charge in [-0.25, -0.2) is 0 Å². The van der Waals surface area contributed by atoms with E-state index in [0.717, 1.165) is 38.4 Å². The van der Waals surface area contributed by atoms with Gasteiger partial charge in [0.2, 0.25) is 5.91 Å². The Bertz CT molecular complexity index is 568. The number of nitrogens with one attached hydrogen (secondary N) is 3. The normalized spacial score (nSPS) is 16.7. The van der Waals surface area contributed by atoms with Crippen molar-refractivity contribution in [1.29, 1.82) is 0 Å². The Morgan fingerprint density at radius 1 is 1.38 bits per heavy atom. The number of hydrogen-bond donors (Lipinski definition) is 3. The first-order valence-corrected chi connectivity index (χ1v) is 9.76. The number of hydrogen-bond acceptors (Lipinski definition) is 4. The second-order valence-electron chi connectivity index (χ2n) is 7.15. The molecule has 0 spiro atoms. The van der Waals surface area contributed by atoms with E-state index in [1.54, 1.807) is 18.4 Å². The summed E-state index contributed by atoms with van der Waals surface area (Å²) in [6.45, 7) is 7.69. The number of halogens is 1. The van der Waals surface area contributed by atoms with Crippen LogP contribution in [0.5, 0.6) is 0 Å². The fourth-order valence-corrected chi connectivity index (χ4v) is 3.81. The first-order chi connectivity index (χ1) is 11.9. The first-order valence-electron chi connectivity index (χ1n) is 8.88. The molecule has 1 saturated heterocycles. The van der Waals surface area contributed by atoms with Gasteiger partial charge in [0.25, 0.3) is 0 Å². The van der Waals surface area contributed by atoms with Gasteiger partial charge >= 0.3 is 0 Å². The van der Waals surface area contributed by atoms with Crippen LogP contribution in [0.3, 0.4) is 0 Å². The van der Waals surface area contributed by atoms with Crippen molar-refractivity contribution in [3.05, 3.63) is 22.4 Å². The number of aliphatic imine (C=N–C) groups is 1. The highest BCUT2D eigenvalue weighted by molar-refractivity contribution is 14.0. The van der Waals surface area contributed by atoms with Crippen LogP contribution in [-0.4, -0.2) is 63.1 Å². The third-order valence-corrected chi connectivity index (χ3v) is 5.92. The van der Waals surface area contributed by atoms with Crippen LogP contribution in [0.1, 0.15) is 31.6 Å². The van der Waals surface area contributed by atoms with Gasteiger partial charge in [0.15, 0.2) is 5.96 Å². The van der Waals surface area contributed by atoms with Crippen LogP contribution in [0.15, 0.2) is 22.5 Å². The van der Waals surface area contributed by atoms with E-state index in [4.69, 9.17) is 0 Å². The number of likely N-dealkylation sites (tertiary alicyclic amines) is 1. The molecule has 2 rings (SSSR count). The minimum Gasteiger partial charge on any atom is -0.358 e. The fourth-order valence-electron chi connectivity index (χ4n) is 2.96. The van der Waals surface area contributed by atoms with E-state index in [2.05, 4.69) is 57.2 Å². The van der Waals surface area contributed by atoms with Crippen molar-refractivity contribution in [3.63, 3.8) is 0 Å². The molecule has 8 heteroatoms. The molecule has 1 aromatic rings. The lowest BCUT2D eigenvalue weighted by atomic mass is 9.91. The number of amides is 1. The van der Waals surface area contributed by atoms with E-state index in [1.807, 2.05) is 7.05 Å². The maximum Gasteiger partial charge on any atom is 0.233 e. The molecular weight excluding hydrogens is 461 g/mol. The molecule has 1 aliphatic rings. The maximum atomic E-state index is 11.5. The summed E-state index contributed by atoms with van der Waals surface area (Å²) < 4.78 is 0. The predicted octanol–water partition coefficient (Wildman–Crippen LogP) is 2.02. The molecule has 6 nitrogen and oxygen atoms in total. The van der Waals surface area contributed by atoms with Gasteiger partial charge in [-0.3, -0.25) is 14.7 Å². The number of likely N-dealkylation sites (N-methyl/N-ethyl adjacent to an activating group) is 1. The van der Waals surface area contributed by atoms with Crippen LogP contribution in [0.4, 0.5) is 0 Å². The van der Waals surface area contributed by atoms with Crippen molar-refractivity contribution in [2.45, 2.75) is 38.1 Å². The number of thiophene rings is 1. The van der Waals surface area contributed by atoms with E-state index in [1.165, 1.54) is 4.88 Å². The van der Waals surface area contributed by atoms with Crippen molar-refractivity contribution in [3.8, 4) is 0 Å². The molecule has 0 radical (unpaired) electrons. The zero-order chi connectivity index (χ0) is 18.3. The second-order valence-corrected chi connectivity index (χ2v) is 8.10. The zero-order valence-electron chi connectivity index (χ0n) is 16.2. The number of carbonyl (C=O) groups excluding carboxylic acids is 1. The smallest absolute Gasteiger partial charge is 0.233 e. The Kier molecular flexibility index (Phi) is 9.88. The fraction of sp³-hybridized carbons (Fsp3) is 0.667. The van der Waals surface area contributed by atoms with Crippen molar-refractivity contribution >= 4 is 47.2 Å². The Hall–Kier alpha value is -0.870. The molecule has 0 bridgehead atoms. The summed E-state index contributed by atoms with van der Waals surface area (Å²) in [6, 6.07) is 4.68. The highest BCUT2D eigenvalue weighted by Gasteiger charge is 2.24. The SMILES string of the molecule is CN=C(NCC(C)(C)c1cccs1)NC1CCN(CC(=O)NC)CC1.I. The molecule has 0 unspecified atom stereocenters. The number of carbonyl (C=O) groups is 1. The third kappa shape index (κ3) is 7.03. The number of nitrogens with zero attached hydrogens (tertiary/aromatic N) is 2. The third-order valence-electron chi connectivity index (χ3n) is 4.68. The standard InChI is InChI=1S/C18H31N5OS.HI/c1-18(2,15-6-5-11-25-15)13-21-17(20-4)22-14-7-9-23(10-8-14)12-16(24)19-3;/h5-6,11,14H,7-10,12-13H2,1-4H3,(H,19,24)(H2,20,21,22);1H. The van der Waals surface area contributed by atoms with Gasteiger partial charge in [-0.1, -0.05) is 19.9 Å². The van der Waals surface area contributed by atoms with Crippen molar-refractivity contribution in [1.82, 2.24) is 20.9 Å². The topological polar surface area (TPSA) is 68.8 Å². The van der Waals surface area contributed by atoms with Crippen molar-refractivity contribution in [2.24, 2.45) is 4.99 Å². The molecule has 1 aromatic heterocycles. The first kappa shape index (κ1) is 23.2. The molecule has 0 aliphatic carbocycles. The van der Waals surface area contributed by atoms with Gasteiger partial charge < -0.3 is 16.0 Å². The number of piperidine rings is 1. The van der Waals surface area contributed by atoms with Crippen LogP contribution in [0.25, 0.3) is 0 Å². The largest absolute Gasteiger partial charge is 0.358 e. The summed E-state index contributed by atoms with van der Waals surface area (Å²) in [5, 5.41) is 11.8. The van der Waals surface area contributed by atoms with Crippen LogP contribution in [0.2, 0.25) is 0 Å². The van der Waals surface area contributed by atoms with Crippen LogP contribution in [0, 0.1) is 0 Å². The summed E-state index contributed by atoms with van der Waals surface area (Å²) in [5.74, 6) is 0.939.